The highest BCUT2D eigenvalue weighted by molar-refractivity contribution is 5.29. The molecule has 18 heavy (non-hydrogen) atoms. The number of benzene rings is 1. The first-order valence-corrected chi connectivity index (χ1v) is 7.27. The summed E-state index contributed by atoms with van der Waals surface area (Å²) in [5.74, 6) is 1.68. The van der Waals surface area contributed by atoms with Crippen molar-refractivity contribution in [2.45, 2.75) is 51.6 Å². The Morgan fingerprint density at radius 3 is 2.50 bits per heavy atom. The Kier molecular flexibility index (Phi) is 5.06. The van der Waals surface area contributed by atoms with Crippen molar-refractivity contribution in [3.05, 3.63) is 29.8 Å². The molecule has 1 N–H and O–H groups in total. The molecule has 1 atom stereocenters. The summed E-state index contributed by atoms with van der Waals surface area (Å²) in [6.45, 7) is 6.70. The van der Waals surface area contributed by atoms with Gasteiger partial charge in [-0.05, 0) is 56.0 Å². The van der Waals surface area contributed by atoms with E-state index in [-0.39, 0.29) is 0 Å². The number of rotatable bonds is 5. The summed E-state index contributed by atoms with van der Waals surface area (Å²) in [6.07, 6.45) is 5.13. The van der Waals surface area contributed by atoms with Crippen LogP contribution in [0.25, 0.3) is 0 Å². The minimum atomic E-state index is 0.394. The maximum atomic E-state index is 6.01. The summed E-state index contributed by atoms with van der Waals surface area (Å²) in [5.41, 5.74) is 1.43. The van der Waals surface area contributed by atoms with E-state index in [4.69, 9.17) is 4.74 Å². The molecular weight excluding hydrogens is 222 g/mol. The van der Waals surface area contributed by atoms with Gasteiger partial charge in [0.25, 0.3) is 0 Å². The van der Waals surface area contributed by atoms with E-state index in [0.717, 1.165) is 31.7 Å². The third kappa shape index (κ3) is 3.74. The van der Waals surface area contributed by atoms with Crippen molar-refractivity contribution >= 4 is 0 Å². The molecule has 0 saturated carbocycles. The first-order valence-electron chi connectivity index (χ1n) is 7.27. The minimum absolute atomic E-state index is 0.394. The maximum Gasteiger partial charge on any atom is 0.119 e. The molecule has 2 rings (SSSR count). The highest BCUT2D eigenvalue weighted by atomic mass is 16.5. The molecule has 0 radical (unpaired) electrons. The van der Waals surface area contributed by atoms with E-state index in [9.17, 15) is 0 Å². The van der Waals surface area contributed by atoms with Crippen LogP contribution in [0.5, 0.6) is 5.75 Å². The summed E-state index contributed by atoms with van der Waals surface area (Å²) in [6, 6.07) is 8.69. The van der Waals surface area contributed by atoms with Crippen LogP contribution < -0.4 is 10.1 Å². The van der Waals surface area contributed by atoms with Gasteiger partial charge in [0.2, 0.25) is 0 Å². The van der Waals surface area contributed by atoms with Crippen molar-refractivity contribution in [1.82, 2.24) is 5.32 Å². The lowest BCUT2D eigenvalue weighted by Gasteiger charge is -2.24. The standard InChI is InChI=1S/C16H25NO/c1-3-4-13(2)14-5-7-15(8-6-14)18-16-9-11-17-12-10-16/h5-8,13,16-17H,3-4,9-12H2,1-2H3. The van der Waals surface area contributed by atoms with Gasteiger partial charge in [-0.25, -0.2) is 0 Å². The molecule has 1 aliphatic heterocycles. The van der Waals surface area contributed by atoms with Crippen molar-refractivity contribution < 1.29 is 4.74 Å². The van der Waals surface area contributed by atoms with Crippen molar-refractivity contribution in [2.24, 2.45) is 0 Å². The number of ether oxygens (including phenoxy) is 1. The molecule has 1 heterocycles. The number of piperidine rings is 1. The Balaban J connectivity index is 1.90. The lowest BCUT2D eigenvalue weighted by Crippen LogP contribution is -2.34. The SMILES string of the molecule is CCCC(C)c1ccc(OC2CCNCC2)cc1. The molecule has 2 heteroatoms. The van der Waals surface area contributed by atoms with Gasteiger partial charge in [0.05, 0.1) is 0 Å². The average Bonchev–Trinajstić information content (AvgIpc) is 2.41. The third-order valence-electron chi connectivity index (χ3n) is 3.76. The Morgan fingerprint density at radius 2 is 1.89 bits per heavy atom. The molecule has 100 valence electrons. The lowest BCUT2D eigenvalue weighted by molar-refractivity contribution is 0.162. The normalized spacial score (nSPS) is 18.6. The smallest absolute Gasteiger partial charge is 0.119 e. The Labute approximate surface area is 111 Å². The predicted molar refractivity (Wildman–Crippen MR) is 76.3 cm³/mol. The molecule has 1 aromatic carbocycles. The molecule has 0 amide bonds. The molecule has 1 aliphatic rings. The summed E-state index contributed by atoms with van der Waals surface area (Å²) < 4.78 is 6.01. The van der Waals surface area contributed by atoms with E-state index in [2.05, 4.69) is 43.4 Å². The minimum Gasteiger partial charge on any atom is -0.490 e. The van der Waals surface area contributed by atoms with Crippen molar-refractivity contribution in [1.29, 1.82) is 0 Å². The lowest BCUT2D eigenvalue weighted by atomic mass is 9.97. The highest BCUT2D eigenvalue weighted by Crippen LogP contribution is 2.24. The fourth-order valence-corrected chi connectivity index (χ4v) is 2.58. The first kappa shape index (κ1) is 13.4. The van der Waals surface area contributed by atoms with Crippen LogP contribution >= 0.6 is 0 Å². The number of hydrogen-bond acceptors (Lipinski definition) is 2. The maximum absolute atomic E-state index is 6.01. The summed E-state index contributed by atoms with van der Waals surface area (Å²) >= 11 is 0. The quantitative estimate of drug-likeness (QED) is 0.856. The molecule has 1 fully saturated rings. The van der Waals surface area contributed by atoms with Crippen LogP contribution in [0.2, 0.25) is 0 Å². The number of nitrogens with one attached hydrogen (secondary N) is 1. The van der Waals surface area contributed by atoms with Crippen LogP contribution in [0.15, 0.2) is 24.3 Å². The average molecular weight is 247 g/mol. The summed E-state index contributed by atoms with van der Waals surface area (Å²) in [4.78, 5) is 0. The van der Waals surface area contributed by atoms with Gasteiger partial charge in [-0.2, -0.15) is 0 Å². The molecule has 2 nitrogen and oxygen atoms in total. The van der Waals surface area contributed by atoms with Crippen LogP contribution in [0.3, 0.4) is 0 Å². The van der Waals surface area contributed by atoms with Crippen LogP contribution in [-0.2, 0) is 0 Å². The number of hydrogen-bond donors (Lipinski definition) is 1. The summed E-state index contributed by atoms with van der Waals surface area (Å²) in [5, 5.41) is 3.36. The zero-order valence-electron chi connectivity index (χ0n) is 11.6. The van der Waals surface area contributed by atoms with Gasteiger partial charge in [-0.15, -0.1) is 0 Å². The van der Waals surface area contributed by atoms with Gasteiger partial charge in [0, 0.05) is 0 Å². The van der Waals surface area contributed by atoms with Gasteiger partial charge >= 0.3 is 0 Å². The van der Waals surface area contributed by atoms with E-state index in [1.807, 2.05) is 0 Å². The van der Waals surface area contributed by atoms with Gasteiger partial charge in [-0.3, -0.25) is 0 Å². The largest absolute Gasteiger partial charge is 0.490 e. The molecule has 1 saturated heterocycles. The second-order valence-electron chi connectivity index (χ2n) is 5.33. The Morgan fingerprint density at radius 1 is 1.22 bits per heavy atom. The van der Waals surface area contributed by atoms with Gasteiger partial charge in [-0.1, -0.05) is 32.4 Å². The molecule has 0 aliphatic carbocycles. The van der Waals surface area contributed by atoms with Crippen LogP contribution in [0.1, 0.15) is 51.0 Å². The molecule has 1 aromatic rings. The Hall–Kier alpha value is -1.02. The van der Waals surface area contributed by atoms with E-state index in [1.165, 1.54) is 18.4 Å². The fraction of sp³-hybridized carbons (Fsp3) is 0.625. The van der Waals surface area contributed by atoms with Gasteiger partial charge < -0.3 is 10.1 Å². The Bertz CT molecular complexity index is 341. The highest BCUT2D eigenvalue weighted by Gasteiger charge is 2.14. The topological polar surface area (TPSA) is 21.3 Å². The second kappa shape index (κ2) is 6.79. The third-order valence-corrected chi connectivity index (χ3v) is 3.76. The van der Waals surface area contributed by atoms with Gasteiger partial charge in [0.1, 0.15) is 11.9 Å². The second-order valence-corrected chi connectivity index (χ2v) is 5.33. The van der Waals surface area contributed by atoms with Crippen molar-refractivity contribution in [3.8, 4) is 5.75 Å². The van der Waals surface area contributed by atoms with Crippen molar-refractivity contribution in [3.63, 3.8) is 0 Å². The molecule has 0 aromatic heterocycles. The molecular formula is C16H25NO. The van der Waals surface area contributed by atoms with Gasteiger partial charge in [0.15, 0.2) is 0 Å². The van der Waals surface area contributed by atoms with Crippen LogP contribution in [-0.4, -0.2) is 19.2 Å². The van der Waals surface area contributed by atoms with E-state index in [0.29, 0.717) is 12.0 Å². The zero-order valence-corrected chi connectivity index (χ0v) is 11.6. The first-order chi connectivity index (χ1) is 8.79. The molecule has 1 unspecified atom stereocenters. The predicted octanol–water partition coefficient (Wildman–Crippen LogP) is 3.72. The fourth-order valence-electron chi connectivity index (χ4n) is 2.58. The van der Waals surface area contributed by atoms with E-state index >= 15 is 0 Å². The van der Waals surface area contributed by atoms with Crippen LogP contribution in [0, 0.1) is 0 Å². The monoisotopic (exact) mass is 247 g/mol. The van der Waals surface area contributed by atoms with Crippen molar-refractivity contribution in [2.75, 3.05) is 13.1 Å². The zero-order chi connectivity index (χ0) is 12.8. The van der Waals surface area contributed by atoms with E-state index < -0.39 is 0 Å². The molecule has 0 spiro atoms. The molecule has 0 bridgehead atoms. The summed E-state index contributed by atoms with van der Waals surface area (Å²) in [7, 11) is 0. The van der Waals surface area contributed by atoms with Crippen LogP contribution in [0.4, 0.5) is 0 Å². The van der Waals surface area contributed by atoms with E-state index in [1.54, 1.807) is 0 Å².